The van der Waals surface area contributed by atoms with Crippen LogP contribution in [0.3, 0.4) is 0 Å². The Morgan fingerprint density at radius 1 is 1.23 bits per heavy atom. The third-order valence-corrected chi connectivity index (χ3v) is 4.77. The number of rotatable bonds is 6. The van der Waals surface area contributed by atoms with Gasteiger partial charge in [0.15, 0.2) is 6.61 Å². The van der Waals surface area contributed by atoms with Crippen molar-refractivity contribution in [3.8, 4) is 0 Å². The number of esters is 1. The van der Waals surface area contributed by atoms with Crippen LogP contribution in [0.5, 0.6) is 0 Å². The van der Waals surface area contributed by atoms with E-state index in [1.807, 2.05) is 31.2 Å². The van der Waals surface area contributed by atoms with Gasteiger partial charge in [0.05, 0.1) is 23.4 Å². The Morgan fingerprint density at radius 2 is 1.96 bits per heavy atom. The standard InChI is InChI=1S/C20H24N2O4/c1-13-15-9-5-6-10-16(15)22-17(11-25-2)19(13)20(24)26-12-18(23)21-14-7-3-4-8-14/h5-6,9-10,14H,3-4,7-8,11-12H2,1-2H3,(H,21,23). The Kier molecular flexibility index (Phi) is 5.83. The Balaban J connectivity index is 1.76. The first kappa shape index (κ1) is 18.3. The summed E-state index contributed by atoms with van der Waals surface area (Å²) >= 11 is 0. The molecule has 2 aromatic rings. The van der Waals surface area contributed by atoms with Gasteiger partial charge in [-0.25, -0.2) is 9.78 Å². The number of nitrogens with zero attached hydrogens (tertiary/aromatic N) is 1. The molecule has 1 aliphatic rings. The fourth-order valence-corrected chi connectivity index (χ4v) is 3.50. The molecule has 1 aromatic heterocycles. The Morgan fingerprint density at radius 3 is 2.69 bits per heavy atom. The third-order valence-electron chi connectivity index (χ3n) is 4.77. The highest BCUT2D eigenvalue weighted by molar-refractivity contribution is 5.99. The van der Waals surface area contributed by atoms with Crippen molar-refractivity contribution in [1.82, 2.24) is 10.3 Å². The second-order valence-corrected chi connectivity index (χ2v) is 6.63. The van der Waals surface area contributed by atoms with Crippen LogP contribution in [0.25, 0.3) is 10.9 Å². The molecule has 1 N–H and O–H groups in total. The van der Waals surface area contributed by atoms with Gasteiger partial charge in [0.25, 0.3) is 5.91 Å². The summed E-state index contributed by atoms with van der Waals surface area (Å²) in [5.41, 5.74) is 2.47. The number of pyridine rings is 1. The topological polar surface area (TPSA) is 77.5 Å². The summed E-state index contributed by atoms with van der Waals surface area (Å²) in [6.07, 6.45) is 4.25. The highest BCUT2D eigenvalue weighted by atomic mass is 16.5. The molecule has 0 aliphatic heterocycles. The van der Waals surface area contributed by atoms with Gasteiger partial charge < -0.3 is 14.8 Å². The fraction of sp³-hybridized carbons (Fsp3) is 0.450. The predicted molar refractivity (Wildman–Crippen MR) is 97.9 cm³/mol. The number of benzene rings is 1. The van der Waals surface area contributed by atoms with Crippen molar-refractivity contribution < 1.29 is 19.1 Å². The zero-order valence-electron chi connectivity index (χ0n) is 15.2. The molecule has 0 bridgehead atoms. The smallest absolute Gasteiger partial charge is 0.340 e. The summed E-state index contributed by atoms with van der Waals surface area (Å²) in [5.74, 6) is -0.806. The minimum Gasteiger partial charge on any atom is -0.452 e. The van der Waals surface area contributed by atoms with Gasteiger partial charge in [-0.2, -0.15) is 0 Å². The highest BCUT2D eigenvalue weighted by Gasteiger charge is 2.22. The average molecular weight is 356 g/mol. The minimum atomic E-state index is -0.547. The third kappa shape index (κ3) is 4.02. The second kappa shape index (κ2) is 8.27. The molecule has 1 fully saturated rings. The number of nitrogens with one attached hydrogen (secondary N) is 1. The van der Waals surface area contributed by atoms with E-state index < -0.39 is 5.97 Å². The number of hydrogen-bond donors (Lipinski definition) is 1. The molecule has 0 saturated heterocycles. The van der Waals surface area contributed by atoms with Crippen molar-refractivity contribution in [2.75, 3.05) is 13.7 Å². The molecule has 0 unspecified atom stereocenters. The number of aryl methyl sites for hydroxylation is 1. The number of hydrogen-bond acceptors (Lipinski definition) is 5. The zero-order chi connectivity index (χ0) is 18.5. The summed E-state index contributed by atoms with van der Waals surface area (Å²) in [5, 5.41) is 3.80. The van der Waals surface area contributed by atoms with Gasteiger partial charge >= 0.3 is 5.97 Å². The molecule has 0 atom stereocenters. The molecular formula is C20H24N2O4. The average Bonchev–Trinajstić information content (AvgIpc) is 3.13. The number of carbonyl (C=O) groups excluding carboxylic acids is 2. The van der Waals surface area contributed by atoms with Gasteiger partial charge in [0, 0.05) is 18.5 Å². The molecule has 1 aromatic carbocycles. The van der Waals surface area contributed by atoms with Crippen molar-refractivity contribution in [3.05, 3.63) is 41.1 Å². The van der Waals surface area contributed by atoms with Crippen molar-refractivity contribution >= 4 is 22.8 Å². The Labute approximate surface area is 152 Å². The first-order chi connectivity index (χ1) is 12.6. The lowest BCUT2D eigenvalue weighted by Gasteiger charge is -2.15. The molecular weight excluding hydrogens is 332 g/mol. The normalized spacial score (nSPS) is 14.5. The number of methoxy groups -OCH3 is 1. The summed E-state index contributed by atoms with van der Waals surface area (Å²) in [7, 11) is 1.55. The first-order valence-corrected chi connectivity index (χ1v) is 8.93. The predicted octanol–water partition coefficient (Wildman–Crippen LogP) is 2.91. The van der Waals surface area contributed by atoms with E-state index in [1.54, 1.807) is 7.11 Å². The van der Waals surface area contributed by atoms with Gasteiger partial charge in [-0.3, -0.25) is 4.79 Å². The number of fused-ring (bicyclic) bond motifs is 1. The first-order valence-electron chi connectivity index (χ1n) is 8.93. The van der Waals surface area contributed by atoms with Crippen LogP contribution in [0.4, 0.5) is 0 Å². The molecule has 1 saturated carbocycles. The summed E-state index contributed by atoms with van der Waals surface area (Å²) in [4.78, 5) is 29.2. The van der Waals surface area contributed by atoms with E-state index in [0.717, 1.165) is 42.1 Å². The van der Waals surface area contributed by atoms with Crippen LogP contribution >= 0.6 is 0 Å². The van der Waals surface area contributed by atoms with Gasteiger partial charge in [-0.05, 0) is 31.4 Å². The number of para-hydroxylation sites is 1. The van der Waals surface area contributed by atoms with E-state index in [2.05, 4.69) is 10.3 Å². The van der Waals surface area contributed by atoms with E-state index in [1.165, 1.54) is 0 Å². The molecule has 138 valence electrons. The van der Waals surface area contributed by atoms with Crippen molar-refractivity contribution in [2.45, 2.75) is 45.3 Å². The van der Waals surface area contributed by atoms with Crippen LogP contribution in [0, 0.1) is 6.92 Å². The molecule has 0 radical (unpaired) electrons. The maximum atomic E-state index is 12.6. The van der Waals surface area contributed by atoms with Crippen molar-refractivity contribution in [2.24, 2.45) is 0 Å². The zero-order valence-corrected chi connectivity index (χ0v) is 15.2. The monoisotopic (exact) mass is 356 g/mol. The summed E-state index contributed by atoms with van der Waals surface area (Å²) < 4.78 is 10.5. The number of amides is 1. The van der Waals surface area contributed by atoms with E-state index >= 15 is 0 Å². The van der Waals surface area contributed by atoms with E-state index in [4.69, 9.17) is 9.47 Å². The SMILES string of the molecule is COCc1nc2ccccc2c(C)c1C(=O)OCC(=O)NC1CCCC1. The van der Waals surface area contributed by atoms with Crippen LogP contribution in [-0.2, 0) is 20.9 Å². The molecule has 3 rings (SSSR count). The molecule has 6 heteroatoms. The molecule has 1 heterocycles. The van der Waals surface area contributed by atoms with Crippen LogP contribution in [-0.4, -0.2) is 36.6 Å². The van der Waals surface area contributed by atoms with Crippen molar-refractivity contribution in [1.29, 1.82) is 0 Å². The lowest BCUT2D eigenvalue weighted by atomic mass is 10.0. The van der Waals surface area contributed by atoms with Crippen LogP contribution < -0.4 is 5.32 Å². The van der Waals surface area contributed by atoms with E-state index in [9.17, 15) is 9.59 Å². The van der Waals surface area contributed by atoms with Crippen LogP contribution in [0.2, 0.25) is 0 Å². The largest absolute Gasteiger partial charge is 0.452 e. The lowest BCUT2D eigenvalue weighted by molar-refractivity contribution is -0.124. The van der Waals surface area contributed by atoms with Gasteiger partial charge in [0.2, 0.25) is 0 Å². The highest BCUT2D eigenvalue weighted by Crippen LogP contribution is 2.24. The number of aromatic nitrogens is 1. The van der Waals surface area contributed by atoms with Crippen LogP contribution in [0.15, 0.2) is 24.3 Å². The molecule has 1 aliphatic carbocycles. The van der Waals surface area contributed by atoms with Gasteiger partial charge in [-0.1, -0.05) is 31.0 Å². The maximum Gasteiger partial charge on any atom is 0.340 e. The number of ether oxygens (including phenoxy) is 2. The molecule has 1 amide bonds. The Hall–Kier alpha value is -2.47. The maximum absolute atomic E-state index is 12.6. The van der Waals surface area contributed by atoms with Crippen molar-refractivity contribution in [3.63, 3.8) is 0 Å². The lowest BCUT2D eigenvalue weighted by Crippen LogP contribution is -2.36. The Bertz CT molecular complexity index is 813. The van der Waals surface area contributed by atoms with Gasteiger partial charge in [0.1, 0.15) is 0 Å². The summed E-state index contributed by atoms with van der Waals surface area (Å²) in [6, 6.07) is 7.81. The van der Waals surface area contributed by atoms with E-state index in [-0.39, 0.29) is 25.2 Å². The summed E-state index contributed by atoms with van der Waals surface area (Å²) in [6.45, 7) is 1.77. The van der Waals surface area contributed by atoms with Gasteiger partial charge in [-0.15, -0.1) is 0 Å². The molecule has 26 heavy (non-hydrogen) atoms. The quantitative estimate of drug-likeness (QED) is 0.805. The molecule has 0 spiro atoms. The fourth-order valence-electron chi connectivity index (χ4n) is 3.50. The number of carbonyl (C=O) groups is 2. The van der Waals surface area contributed by atoms with Crippen LogP contribution in [0.1, 0.15) is 47.3 Å². The second-order valence-electron chi connectivity index (χ2n) is 6.63. The molecule has 6 nitrogen and oxygen atoms in total. The van der Waals surface area contributed by atoms with E-state index in [0.29, 0.717) is 11.3 Å². The minimum absolute atomic E-state index is 0.199.